The van der Waals surface area contributed by atoms with Crippen molar-refractivity contribution in [1.82, 2.24) is 9.66 Å². The minimum Gasteiger partial charge on any atom is -0.326 e. The Morgan fingerprint density at radius 1 is 0.969 bits per heavy atom. The zero-order valence-corrected chi connectivity index (χ0v) is 17.8. The molecule has 32 heavy (non-hydrogen) atoms. The Balaban J connectivity index is 1.56. The molecule has 158 valence electrons. The molecular formula is C24H19N5O2S. The second kappa shape index (κ2) is 8.32. The summed E-state index contributed by atoms with van der Waals surface area (Å²) in [7, 11) is 0. The van der Waals surface area contributed by atoms with E-state index in [1.54, 1.807) is 24.3 Å². The van der Waals surface area contributed by atoms with Crippen LogP contribution in [0.2, 0.25) is 0 Å². The molecule has 7 nitrogen and oxygen atoms in total. The number of rotatable bonds is 4. The lowest BCUT2D eigenvalue weighted by Crippen LogP contribution is -2.51. The second-order valence-corrected chi connectivity index (χ2v) is 8.45. The van der Waals surface area contributed by atoms with Crippen molar-refractivity contribution in [2.75, 3.05) is 10.3 Å². The van der Waals surface area contributed by atoms with Gasteiger partial charge in [-0.05, 0) is 36.4 Å². The van der Waals surface area contributed by atoms with Gasteiger partial charge in [0.05, 0.1) is 11.2 Å². The van der Waals surface area contributed by atoms with E-state index in [0.29, 0.717) is 27.4 Å². The number of para-hydroxylation sites is 3. The van der Waals surface area contributed by atoms with Crippen LogP contribution < -0.4 is 15.8 Å². The van der Waals surface area contributed by atoms with Crippen LogP contribution in [0.15, 0.2) is 90.1 Å². The molecule has 1 aliphatic heterocycles. The van der Waals surface area contributed by atoms with Crippen molar-refractivity contribution in [2.24, 2.45) is 0 Å². The summed E-state index contributed by atoms with van der Waals surface area (Å²) in [4.78, 5) is 31.0. The number of hydrogen-bond donors (Lipinski definition) is 2. The first-order valence-electron chi connectivity index (χ1n) is 10.1. The maximum absolute atomic E-state index is 13.6. The molecule has 0 saturated heterocycles. The van der Waals surface area contributed by atoms with Crippen molar-refractivity contribution in [3.8, 4) is 0 Å². The van der Waals surface area contributed by atoms with Gasteiger partial charge in [-0.2, -0.15) is 0 Å². The fourth-order valence-corrected chi connectivity index (χ4v) is 4.76. The summed E-state index contributed by atoms with van der Waals surface area (Å²) < 4.78 is 1.52. The first-order valence-corrected chi connectivity index (χ1v) is 11.0. The van der Waals surface area contributed by atoms with Gasteiger partial charge in [0.15, 0.2) is 10.6 Å². The van der Waals surface area contributed by atoms with Crippen LogP contribution in [0.1, 0.15) is 6.42 Å². The quantitative estimate of drug-likeness (QED) is 0.471. The average molecular weight is 442 g/mol. The highest BCUT2D eigenvalue weighted by atomic mass is 32.2. The summed E-state index contributed by atoms with van der Waals surface area (Å²) in [6.45, 7) is 0. The Hall–Kier alpha value is -3.91. The van der Waals surface area contributed by atoms with Gasteiger partial charge >= 0.3 is 0 Å². The van der Waals surface area contributed by atoms with E-state index in [4.69, 9.17) is 10.4 Å². The number of anilines is 2. The molecule has 0 aliphatic carbocycles. The lowest BCUT2D eigenvalue weighted by molar-refractivity contribution is -0.122. The van der Waals surface area contributed by atoms with Gasteiger partial charge in [0, 0.05) is 17.5 Å². The summed E-state index contributed by atoms with van der Waals surface area (Å²) in [6, 6.07) is 25.7. The lowest BCUT2D eigenvalue weighted by atomic mass is 10.2. The van der Waals surface area contributed by atoms with Gasteiger partial charge < -0.3 is 5.32 Å². The molecule has 4 aromatic rings. The van der Waals surface area contributed by atoms with Crippen LogP contribution in [0.4, 0.5) is 11.4 Å². The number of nitrogens with one attached hydrogen (secondary N) is 2. The van der Waals surface area contributed by atoms with Gasteiger partial charge in [-0.25, -0.2) is 14.7 Å². The van der Waals surface area contributed by atoms with Crippen LogP contribution in [0, 0.1) is 5.41 Å². The van der Waals surface area contributed by atoms with Crippen molar-refractivity contribution in [3.05, 3.63) is 90.4 Å². The van der Waals surface area contributed by atoms with Crippen LogP contribution in [0.5, 0.6) is 0 Å². The maximum atomic E-state index is 13.6. The summed E-state index contributed by atoms with van der Waals surface area (Å²) in [5.41, 5.74) is 2.13. The molecule has 2 amide bonds. The number of thioether (sulfide) groups is 1. The van der Waals surface area contributed by atoms with Gasteiger partial charge in [0.1, 0.15) is 5.25 Å². The molecule has 0 saturated carbocycles. The number of nitrogens with zero attached hydrogens (tertiary/aromatic N) is 3. The number of carbonyl (C=O) groups is 2. The second-order valence-electron chi connectivity index (χ2n) is 7.28. The average Bonchev–Trinajstić information content (AvgIpc) is 2.81. The number of hydrogen-bond acceptors (Lipinski definition) is 5. The lowest BCUT2D eigenvalue weighted by Gasteiger charge is -2.34. The Morgan fingerprint density at radius 3 is 2.38 bits per heavy atom. The number of fused-ring (bicyclic) bond motifs is 2. The van der Waals surface area contributed by atoms with Crippen molar-refractivity contribution in [2.45, 2.75) is 16.8 Å². The van der Waals surface area contributed by atoms with E-state index >= 15 is 0 Å². The molecule has 0 bridgehead atoms. The van der Waals surface area contributed by atoms with Crippen LogP contribution in [-0.4, -0.2) is 26.7 Å². The van der Waals surface area contributed by atoms with Crippen LogP contribution >= 0.6 is 11.8 Å². The predicted octanol–water partition coefficient (Wildman–Crippen LogP) is 3.82. The Labute approximate surface area is 188 Å². The van der Waals surface area contributed by atoms with Crippen molar-refractivity contribution < 1.29 is 9.59 Å². The highest BCUT2D eigenvalue weighted by Gasteiger charge is 2.37. The van der Waals surface area contributed by atoms with Crippen molar-refractivity contribution in [1.29, 1.82) is 5.41 Å². The monoisotopic (exact) mass is 441 g/mol. The molecule has 1 atom stereocenters. The normalized spacial score (nSPS) is 15.4. The highest BCUT2D eigenvalue weighted by molar-refractivity contribution is 8.00. The standard InChI is InChI=1S/C24H19N5O2S/c25-22-18-13-7-8-14-19(18)27-24-29(22)28(17-11-5-2-6-12-17)23(31)20(32-24)15-21(30)26-16-9-3-1-4-10-16/h1-14,20,25H,15H2,(H,26,30). The molecule has 0 spiro atoms. The van der Waals surface area contributed by atoms with E-state index in [9.17, 15) is 9.59 Å². The SMILES string of the molecule is N=c1c2ccccc2nc2n1N(c1ccccc1)C(=O)C(CC(=O)Nc1ccccc1)S2. The molecule has 1 aromatic heterocycles. The number of aromatic nitrogens is 2. The highest BCUT2D eigenvalue weighted by Crippen LogP contribution is 2.33. The van der Waals surface area contributed by atoms with E-state index < -0.39 is 5.25 Å². The topological polar surface area (TPSA) is 91.1 Å². The van der Waals surface area contributed by atoms with Crippen molar-refractivity contribution in [3.63, 3.8) is 0 Å². The van der Waals surface area contributed by atoms with Crippen LogP contribution in [0.3, 0.4) is 0 Å². The summed E-state index contributed by atoms with van der Waals surface area (Å²) >= 11 is 1.21. The molecule has 3 aromatic carbocycles. The minimum atomic E-state index is -0.674. The van der Waals surface area contributed by atoms with Crippen molar-refractivity contribution >= 4 is 45.9 Å². The third-order valence-corrected chi connectivity index (χ3v) is 6.26. The molecule has 8 heteroatoms. The molecule has 1 aliphatic rings. The first kappa shape index (κ1) is 20.0. The largest absolute Gasteiger partial charge is 0.326 e. The van der Waals surface area contributed by atoms with Gasteiger partial charge in [-0.15, -0.1) is 0 Å². The van der Waals surface area contributed by atoms with Gasteiger partial charge in [0.2, 0.25) is 5.91 Å². The number of benzene rings is 3. The molecule has 0 fully saturated rings. The van der Waals surface area contributed by atoms with Crippen LogP contribution in [0.25, 0.3) is 10.9 Å². The van der Waals surface area contributed by atoms with E-state index in [1.807, 2.05) is 60.7 Å². The molecule has 1 unspecified atom stereocenters. The minimum absolute atomic E-state index is 0.0103. The third-order valence-electron chi connectivity index (χ3n) is 5.13. The summed E-state index contributed by atoms with van der Waals surface area (Å²) in [5.74, 6) is -0.525. The van der Waals surface area contributed by atoms with Gasteiger partial charge in [-0.1, -0.05) is 60.3 Å². The van der Waals surface area contributed by atoms with E-state index in [0.717, 1.165) is 0 Å². The number of amides is 2. The zero-order chi connectivity index (χ0) is 22.1. The van der Waals surface area contributed by atoms with E-state index in [-0.39, 0.29) is 23.7 Å². The fraction of sp³-hybridized carbons (Fsp3) is 0.0833. The fourth-order valence-electron chi connectivity index (χ4n) is 3.65. The van der Waals surface area contributed by atoms with Crippen LogP contribution in [-0.2, 0) is 9.59 Å². The number of carbonyl (C=O) groups excluding carboxylic acids is 2. The molecule has 5 rings (SSSR count). The van der Waals surface area contributed by atoms with E-state index in [2.05, 4.69) is 5.32 Å². The summed E-state index contributed by atoms with van der Waals surface area (Å²) in [5, 5.41) is 13.5. The maximum Gasteiger partial charge on any atom is 0.260 e. The molecular weight excluding hydrogens is 422 g/mol. The Bertz CT molecular complexity index is 1370. The molecule has 2 heterocycles. The first-order chi connectivity index (χ1) is 15.6. The smallest absolute Gasteiger partial charge is 0.260 e. The predicted molar refractivity (Wildman–Crippen MR) is 124 cm³/mol. The van der Waals surface area contributed by atoms with Gasteiger partial charge in [0.25, 0.3) is 5.91 Å². The Kier molecular flexibility index (Phi) is 5.20. The van der Waals surface area contributed by atoms with E-state index in [1.165, 1.54) is 21.4 Å². The molecule has 2 N–H and O–H groups in total. The Morgan fingerprint density at radius 2 is 1.62 bits per heavy atom. The summed E-state index contributed by atoms with van der Waals surface area (Å²) in [6.07, 6.45) is -0.0103. The zero-order valence-electron chi connectivity index (χ0n) is 16.9. The van der Waals surface area contributed by atoms with Gasteiger partial charge in [-0.3, -0.25) is 15.0 Å². The molecule has 0 radical (unpaired) electrons. The third kappa shape index (κ3) is 3.65.